The van der Waals surface area contributed by atoms with E-state index in [9.17, 15) is 4.79 Å². The molecule has 1 aromatic heterocycles. The van der Waals surface area contributed by atoms with Gasteiger partial charge in [0.15, 0.2) is 0 Å². The number of hydrogen-bond acceptors (Lipinski definition) is 4. The molecule has 5 nitrogen and oxygen atoms in total. The minimum atomic E-state index is -0.216. The van der Waals surface area contributed by atoms with Gasteiger partial charge in [-0.05, 0) is 37.8 Å². The smallest absolute Gasteiger partial charge is 0.287 e. The molecule has 112 valence electrons. The molecule has 1 unspecified atom stereocenters. The molecule has 0 radical (unpaired) electrons. The van der Waals surface area contributed by atoms with Crippen molar-refractivity contribution in [3.63, 3.8) is 0 Å². The maximum Gasteiger partial charge on any atom is 0.287 e. The number of halogens is 1. The van der Waals surface area contributed by atoms with Crippen molar-refractivity contribution in [3.05, 3.63) is 21.6 Å². The molecule has 0 aliphatic carbocycles. The molecule has 1 atom stereocenters. The Labute approximate surface area is 124 Å². The molecule has 0 spiro atoms. The Morgan fingerprint density at radius 1 is 1.60 bits per heavy atom. The van der Waals surface area contributed by atoms with E-state index in [0.29, 0.717) is 24.1 Å². The van der Waals surface area contributed by atoms with Crippen LogP contribution in [0.15, 0.2) is 11.0 Å². The van der Waals surface area contributed by atoms with Crippen LogP contribution in [0.4, 0.5) is 5.69 Å². The lowest BCUT2D eigenvalue weighted by Gasteiger charge is -2.23. The van der Waals surface area contributed by atoms with E-state index < -0.39 is 0 Å². The summed E-state index contributed by atoms with van der Waals surface area (Å²) in [5.74, 6) is 0.946. The molecular formula is C14H23ClN4O. The van der Waals surface area contributed by atoms with Crippen molar-refractivity contribution < 1.29 is 0 Å². The van der Waals surface area contributed by atoms with Crippen LogP contribution in [0.1, 0.15) is 26.7 Å². The van der Waals surface area contributed by atoms with Crippen LogP contribution in [-0.4, -0.2) is 29.4 Å². The first-order valence-corrected chi connectivity index (χ1v) is 7.66. The normalized spacial score (nSPS) is 19.3. The van der Waals surface area contributed by atoms with E-state index in [0.717, 1.165) is 19.6 Å². The zero-order valence-electron chi connectivity index (χ0n) is 12.2. The molecule has 20 heavy (non-hydrogen) atoms. The van der Waals surface area contributed by atoms with Gasteiger partial charge in [-0.2, -0.15) is 5.10 Å². The Kier molecular flexibility index (Phi) is 5.43. The van der Waals surface area contributed by atoms with E-state index >= 15 is 0 Å². The van der Waals surface area contributed by atoms with Crippen molar-refractivity contribution in [1.82, 2.24) is 15.1 Å². The molecule has 0 aromatic carbocycles. The Bertz CT molecular complexity index is 494. The minimum absolute atomic E-state index is 0.216. The largest absolute Gasteiger partial charge is 0.382 e. The molecule has 1 aliphatic heterocycles. The molecule has 6 heteroatoms. The Morgan fingerprint density at radius 2 is 2.40 bits per heavy atom. The fourth-order valence-electron chi connectivity index (χ4n) is 2.42. The first-order valence-electron chi connectivity index (χ1n) is 7.28. The molecule has 2 N–H and O–H groups in total. The van der Waals surface area contributed by atoms with Crippen LogP contribution < -0.4 is 16.2 Å². The Hall–Kier alpha value is -1.07. The van der Waals surface area contributed by atoms with E-state index in [1.807, 2.05) is 13.8 Å². The van der Waals surface area contributed by atoms with Crippen LogP contribution in [0, 0.1) is 11.8 Å². The summed E-state index contributed by atoms with van der Waals surface area (Å²) in [6.45, 7) is 7.62. The second kappa shape index (κ2) is 7.09. The van der Waals surface area contributed by atoms with Gasteiger partial charge in [0.1, 0.15) is 5.02 Å². The van der Waals surface area contributed by atoms with Crippen LogP contribution in [0.5, 0.6) is 0 Å². The lowest BCUT2D eigenvalue weighted by atomic mass is 10.00. The molecule has 0 bridgehead atoms. The summed E-state index contributed by atoms with van der Waals surface area (Å²) in [5, 5.41) is 11.1. The SMILES string of the molecule is CC(C)Cn1ncc(NCC2CCCNC2)c(Cl)c1=O. The first-order chi connectivity index (χ1) is 9.58. The average Bonchev–Trinajstić information content (AvgIpc) is 2.44. The van der Waals surface area contributed by atoms with Gasteiger partial charge in [0, 0.05) is 13.1 Å². The number of nitrogens with zero attached hydrogens (tertiary/aromatic N) is 2. The molecule has 1 aliphatic rings. The van der Waals surface area contributed by atoms with E-state index in [4.69, 9.17) is 11.6 Å². The van der Waals surface area contributed by atoms with Gasteiger partial charge in [-0.25, -0.2) is 4.68 Å². The van der Waals surface area contributed by atoms with Crippen molar-refractivity contribution >= 4 is 17.3 Å². The van der Waals surface area contributed by atoms with Crippen molar-refractivity contribution in [1.29, 1.82) is 0 Å². The predicted molar refractivity (Wildman–Crippen MR) is 82.4 cm³/mol. The third kappa shape index (κ3) is 3.96. The third-order valence-electron chi connectivity index (χ3n) is 3.50. The summed E-state index contributed by atoms with van der Waals surface area (Å²) in [6.07, 6.45) is 4.06. The zero-order chi connectivity index (χ0) is 14.5. The molecule has 0 amide bonds. The highest BCUT2D eigenvalue weighted by atomic mass is 35.5. The second-order valence-electron chi connectivity index (χ2n) is 5.85. The molecule has 1 aromatic rings. The van der Waals surface area contributed by atoms with Gasteiger partial charge in [0.25, 0.3) is 5.56 Å². The molecule has 2 heterocycles. The van der Waals surface area contributed by atoms with Gasteiger partial charge in [-0.1, -0.05) is 25.4 Å². The summed E-state index contributed by atoms with van der Waals surface area (Å²) in [4.78, 5) is 12.1. The Morgan fingerprint density at radius 3 is 3.05 bits per heavy atom. The van der Waals surface area contributed by atoms with Crippen molar-refractivity contribution in [2.45, 2.75) is 33.2 Å². The number of anilines is 1. The molecule has 2 rings (SSSR count). The summed E-state index contributed by atoms with van der Waals surface area (Å²) < 4.78 is 1.43. The summed E-state index contributed by atoms with van der Waals surface area (Å²) in [7, 11) is 0. The lowest BCUT2D eigenvalue weighted by Crippen LogP contribution is -2.34. The molecular weight excluding hydrogens is 276 g/mol. The zero-order valence-corrected chi connectivity index (χ0v) is 12.9. The number of hydrogen-bond donors (Lipinski definition) is 2. The summed E-state index contributed by atoms with van der Waals surface area (Å²) >= 11 is 6.15. The third-order valence-corrected chi connectivity index (χ3v) is 3.87. The van der Waals surface area contributed by atoms with Crippen LogP contribution in [0.2, 0.25) is 5.02 Å². The van der Waals surface area contributed by atoms with Crippen LogP contribution in [-0.2, 0) is 6.54 Å². The van der Waals surface area contributed by atoms with Crippen LogP contribution >= 0.6 is 11.6 Å². The first kappa shape index (κ1) is 15.3. The minimum Gasteiger partial charge on any atom is -0.382 e. The van der Waals surface area contributed by atoms with Gasteiger partial charge in [-0.15, -0.1) is 0 Å². The van der Waals surface area contributed by atoms with Gasteiger partial charge in [-0.3, -0.25) is 4.79 Å². The topological polar surface area (TPSA) is 59.0 Å². The average molecular weight is 299 g/mol. The van der Waals surface area contributed by atoms with E-state index in [1.54, 1.807) is 6.20 Å². The molecule has 1 fully saturated rings. The van der Waals surface area contributed by atoms with Gasteiger partial charge >= 0.3 is 0 Å². The standard InChI is InChI=1S/C14H23ClN4O/c1-10(2)9-19-14(20)13(15)12(8-18-19)17-7-11-4-3-5-16-6-11/h8,10-11,16-17H,3-7,9H2,1-2H3. The fraction of sp³-hybridized carbons (Fsp3) is 0.714. The maximum atomic E-state index is 12.1. The highest BCUT2D eigenvalue weighted by molar-refractivity contribution is 6.32. The Balaban J connectivity index is 2.01. The fourth-order valence-corrected chi connectivity index (χ4v) is 2.63. The maximum absolute atomic E-state index is 12.1. The van der Waals surface area contributed by atoms with E-state index in [-0.39, 0.29) is 10.6 Å². The number of piperidine rings is 1. The highest BCUT2D eigenvalue weighted by Crippen LogP contribution is 2.17. The van der Waals surface area contributed by atoms with Gasteiger partial charge in [0.05, 0.1) is 11.9 Å². The molecule has 1 saturated heterocycles. The van der Waals surface area contributed by atoms with Gasteiger partial charge in [0.2, 0.25) is 0 Å². The number of rotatable bonds is 5. The van der Waals surface area contributed by atoms with Crippen molar-refractivity contribution in [2.75, 3.05) is 25.0 Å². The van der Waals surface area contributed by atoms with E-state index in [1.165, 1.54) is 17.5 Å². The second-order valence-corrected chi connectivity index (χ2v) is 6.22. The van der Waals surface area contributed by atoms with Crippen LogP contribution in [0.25, 0.3) is 0 Å². The van der Waals surface area contributed by atoms with E-state index in [2.05, 4.69) is 15.7 Å². The quantitative estimate of drug-likeness (QED) is 0.872. The highest BCUT2D eigenvalue weighted by Gasteiger charge is 2.15. The van der Waals surface area contributed by atoms with Crippen molar-refractivity contribution in [3.8, 4) is 0 Å². The lowest BCUT2D eigenvalue weighted by molar-refractivity contribution is 0.392. The number of aromatic nitrogens is 2. The molecule has 0 saturated carbocycles. The number of nitrogens with one attached hydrogen (secondary N) is 2. The van der Waals surface area contributed by atoms with Gasteiger partial charge < -0.3 is 10.6 Å². The van der Waals surface area contributed by atoms with Crippen LogP contribution in [0.3, 0.4) is 0 Å². The summed E-state index contributed by atoms with van der Waals surface area (Å²) in [5.41, 5.74) is 0.425. The summed E-state index contributed by atoms with van der Waals surface area (Å²) in [6, 6.07) is 0. The monoisotopic (exact) mass is 298 g/mol. The van der Waals surface area contributed by atoms with Crippen molar-refractivity contribution in [2.24, 2.45) is 11.8 Å². The predicted octanol–water partition coefficient (Wildman–Crippen LogP) is 1.96.